The summed E-state index contributed by atoms with van der Waals surface area (Å²) in [6, 6.07) is 8.13. The van der Waals surface area contributed by atoms with E-state index in [-0.39, 0.29) is 0 Å². The quantitative estimate of drug-likeness (QED) is 0.803. The van der Waals surface area contributed by atoms with Gasteiger partial charge in [-0.15, -0.1) is 0 Å². The second-order valence-corrected chi connectivity index (χ2v) is 3.56. The molecular weight excluding hydrogens is 186 g/mol. The Labute approximate surface area is 89.7 Å². The minimum atomic E-state index is 0.675. The van der Waals surface area contributed by atoms with E-state index in [1.807, 2.05) is 18.2 Å². The monoisotopic (exact) mass is 201 g/mol. The van der Waals surface area contributed by atoms with E-state index in [1.54, 1.807) is 0 Å². The molecule has 0 atom stereocenters. The summed E-state index contributed by atoms with van der Waals surface area (Å²) in [4.78, 5) is 0. The van der Waals surface area contributed by atoms with Gasteiger partial charge in [-0.1, -0.05) is 24.3 Å². The molecule has 0 aliphatic carbocycles. The van der Waals surface area contributed by atoms with Gasteiger partial charge in [0.05, 0.1) is 12.2 Å². The van der Waals surface area contributed by atoms with Crippen LogP contribution in [0.25, 0.3) is 5.57 Å². The van der Waals surface area contributed by atoms with Gasteiger partial charge in [0.15, 0.2) is 0 Å². The summed E-state index contributed by atoms with van der Waals surface area (Å²) in [5.41, 5.74) is 9.02. The average Bonchev–Trinajstić information content (AvgIpc) is 2.49. The molecule has 0 bridgehead atoms. The van der Waals surface area contributed by atoms with Crippen molar-refractivity contribution < 1.29 is 0 Å². The minimum Gasteiger partial charge on any atom is -0.330 e. The molecule has 0 unspecified atom stereocenters. The van der Waals surface area contributed by atoms with Crippen LogP contribution in [-0.2, 0) is 0 Å². The molecule has 3 heteroatoms. The molecule has 1 aromatic carbocycles. The van der Waals surface area contributed by atoms with Crippen molar-refractivity contribution in [2.24, 2.45) is 16.0 Å². The maximum Gasteiger partial charge on any atom is 0.0927 e. The summed E-state index contributed by atoms with van der Waals surface area (Å²) >= 11 is 0. The second-order valence-electron chi connectivity index (χ2n) is 3.56. The van der Waals surface area contributed by atoms with Crippen molar-refractivity contribution in [2.75, 3.05) is 13.1 Å². The van der Waals surface area contributed by atoms with Crippen molar-refractivity contribution in [3.8, 4) is 0 Å². The first-order valence-corrected chi connectivity index (χ1v) is 5.28. The van der Waals surface area contributed by atoms with Gasteiger partial charge in [-0.25, -0.2) is 0 Å². The second kappa shape index (κ2) is 4.84. The summed E-state index contributed by atoms with van der Waals surface area (Å²) in [6.07, 6.45) is 4.17. The highest BCUT2D eigenvalue weighted by molar-refractivity contribution is 5.75. The van der Waals surface area contributed by atoms with Crippen LogP contribution in [0.3, 0.4) is 0 Å². The van der Waals surface area contributed by atoms with Crippen molar-refractivity contribution in [1.82, 2.24) is 0 Å². The lowest BCUT2D eigenvalue weighted by molar-refractivity contribution is 0.864. The van der Waals surface area contributed by atoms with Crippen molar-refractivity contribution in [1.29, 1.82) is 0 Å². The number of allylic oxidation sites excluding steroid dienone is 1. The van der Waals surface area contributed by atoms with E-state index in [2.05, 4.69) is 22.4 Å². The maximum atomic E-state index is 5.53. The van der Waals surface area contributed by atoms with Gasteiger partial charge in [-0.05, 0) is 31.0 Å². The summed E-state index contributed by atoms with van der Waals surface area (Å²) in [5.74, 6) is 0. The summed E-state index contributed by atoms with van der Waals surface area (Å²) < 4.78 is 0. The van der Waals surface area contributed by atoms with E-state index in [0.717, 1.165) is 25.1 Å². The highest BCUT2D eigenvalue weighted by atomic mass is 15.1. The van der Waals surface area contributed by atoms with E-state index in [1.165, 1.54) is 11.1 Å². The smallest absolute Gasteiger partial charge is 0.0927 e. The molecule has 2 N–H and O–H groups in total. The first-order chi connectivity index (χ1) is 7.42. The van der Waals surface area contributed by atoms with Gasteiger partial charge < -0.3 is 5.73 Å². The molecule has 2 rings (SSSR count). The fraction of sp³-hybridized carbons (Fsp3) is 0.333. The predicted molar refractivity (Wildman–Crippen MR) is 62.1 cm³/mol. The zero-order chi connectivity index (χ0) is 10.5. The highest BCUT2D eigenvalue weighted by Crippen LogP contribution is 2.31. The Hall–Kier alpha value is -1.48. The van der Waals surface area contributed by atoms with Gasteiger partial charge >= 0.3 is 0 Å². The van der Waals surface area contributed by atoms with Gasteiger partial charge in [0.25, 0.3) is 0 Å². The lowest BCUT2D eigenvalue weighted by Crippen LogP contribution is -1.99. The van der Waals surface area contributed by atoms with Gasteiger partial charge in [-0.2, -0.15) is 10.2 Å². The number of azo groups is 1. The predicted octanol–water partition coefficient (Wildman–Crippen LogP) is 2.91. The molecule has 15 heavy (non-hydrogen) atoms. The van der Waals surface area contributed by atoms with E-state index in [4.69, 9.17) is 5.73 Å². The third kappa shape index (κ3) is 2.30. The van der Waals surface area contributed by atoms with Crippen molar-refractivity contribution in [3.63, 3.8) is 0 Å². The van der Waals surface area contributed by atoms with Crippen molar-refractivity contribution in [2.45, 2.75) is 12.8 Å². The molecular formula is C12H15N3. The lowest BCUT2D eigenvalue weighted by atomic mass is 9.99. The SMILES string of the molecule is NCCCC1=CCN=Nc2ccccc21. The fourth-order valence-corrected chi connectivity index (χ4v) is 1.74. The number of hydrogen-bond donors (Lipinski definition) is 1. The molecule has 0 aromatic heterocycles. The Balaban J connectivity index is 2.30. The largest absolute Gasteiger partial charge is 0.330 e. The van der Waals surface area contributed by atoms with Crippen LogP contribution in [0.5, 0.6) is 0 Å². The Bertz CT molecular complexity index is 394. The number of hydrogen-bond acceptors (Lipinski definition) is 3. The minimum absolute atomic E-state index is 0.675. The average molecular weight is 201 g/mol. The highest BCUT2D eigenvalue weighted by Gasteiger charge is 2.08. The molecule has 78 valence electrons. The summed E-state index contributed by atoms with van der Waals surface area (Å²) in [7, 11) is 0. The molecule has 3 nitrogen and oxygen atoms in total. The van der Waals surface area contributed by atoms with E-state index < -0.39 is 0 Å². The Kier molecular flexibility index (Phi) is 3.25. The summed E-state index contributed by atoms with van der Waals surface area (Å²) in [6.45, 7) is 1.41. The van der Waals surface area contributed by atoms with Gasteiger partial charge in [0.2, 0.25) is 0 Å². The Morgan fingerprint density at radius 2 is 2.13 bits per heavy atom. The third-order valence-electron chi connectivity index (χ3n) is 2.50. The van der Waals surface area contributed by atoms with Gasteiger partial charge in [0.1, 0.15) is 0 Å². The number of nitrogens with two attached hydrogens (primary N) is 1. The molecule has 0 spiro atoms. The lowest BCUT2D eigenvalue weighted by Gasteiger charge is -2.07. The topological polar surface area (TPSA) is 50.7 Å². The van der Waals surface area contributed by atoms with Crippen LogP contribution in [0, 0.1) is 0 Å². The van der Waals surface area contributed by atoms with E-state index >= 15 is 0 Å². The molecule has 0 radical (unpaired) electrons. The normalized spacial score (nSPS) is 14.3. The maximum absolute atomic E-state index is 5.53. The van der Waals surface area contributed by atoms with Gasteiger partial charge in [0, 0.05) is 5.56 Å². The molecule has 0 saturated carbocycles. The molecule has 1 aliphatic rings. The van der Waals surface area contributed by atoms with E-state index in [9.17, 15) is 0 Å². The first kappa shape index (κ1) is 10.1. The Morgan fingerprint density at radius 3 is 3.00 bits per heavy atom. The standard InChI is InChI=1S/C12H15N3/c13-8-3-4-10-7-9-14-15-12-6-2-1-5-11(10)12/h1-2,5-7H,3-4,8-9,13H2. The van der Waals surface area contributed by atoms with E-state index in [0.29, 0.717) is 6.54 Å². The molecule has 1 aromatic rings. The number of benzene rings is 1. The van der Waals surface area contributed by atoms with Crippen molar-refractivity contribution in [3.05, 3.63) is 35.9 Å². The molecule has 1 heterocycles. The molecule has 0 amide bonds. The van der Waals surface area contributed by atoms with Crippen LogP contribution in [0.15, 0.2) is 40.6 Å². The Morgan fingerprint density at radius 1 is 1.27 bits per heavy atom. The van der Waals surface area contributed by atoms with Crippen LogP contribution >= 0.6 is 0 Å². The number of rotatable bonds is 3. The summed E-state index contributed by atoms with van der Waals surface area (Å²) in [5, 5.41) is 8.27. The molecule has 1 aliphatic heterocycles. The first-order valence-electron chi connectivity index (χ1n) is 5.28. The number of nitrogens with zero attached hydrogens (tertiary/aromatic N) is 2. The van der Waals surface area contributed by atoms with Crippen LogP contribution < -0.4 is 5.73 Å². The van der Waals surface area contributed by atoms with Crippen LogP contribution in [0.1, 0.15) is 18.4 Å². The molecule has 0 saturated heterocycles. The fourth-order valence-electron chi connectivity index (χ4n) is 1.74. The zero-order valence-corrected chi connectivity index (χ0v) is 8.69. The van der Waals surface area contributed by atoms with Crippen LogP contribution in [-0.4, -0.2) is 13.1 Å². The van der Waals surface area contributed by atoms with Gasteiger partial charge in [-0.3, -0.25) is 0 Å². The van der Waals surface area contributed by atoms with Crippen LogP contribution in [0.4, 0.5) is 5.69 Å². The molecule has 0 fully saturated rings. The zero-order valence-electron chi connectivity index (χ0n) is 8.69. The third-order valence-corrected chi connectivity index (χ3v) is 2.50. The van der Waals surface area contributed by atoms with Crippen LogP contribution in [0.2, 0.25) is 0 Å². The number of fused-ring (bicyclic) bond motifs is 1. The van der Waals surface area contributed by atoms with Crippen molar-refractivity contribution >= 4 is 11.3 Å².